The molecule has 1 N–H and O–H groups in total. The largest absolute Gasteiger partial charge is 0.475 e. The number of rotatable bonds is 3. The Kier molecular flexibility index (Phi) is 3.35. The molecule has 2 fully saturated rings. The quantitative estimate of drug-likeness (QED) is 0.910. The topological polar surface area (TPSA) is 53.7 Å². The molecule has 0 amide bonds. The van der Waals surface area contributed by atoms with Crippen molar-refractivity contribution in [3.8, 4) is 0 Å². The van der Waals surface area contributed by atoms with Crippen LogP contribution in [0.25, 0.3) is 0 Å². The minimum atomic E-state index is -0.980. The maximum absolute atomic E-state index is 10.9. The summed E-state index contributed by atoms with van der Waals surface area (Å²) in [4.78, 5) is 13.5. The van der Waals surface area contributed by atoms with Gasteiger partial charge in [-0.1, -0.05) is 6.42 Å². The second-order valence-corrected chi connectivity index (χ2v) is 5.87. The predicted octanol–water partition coefficient (Wildman–Crippen LogP) is 3.05. The molecular weight excluding hydrogens is 242 g/mol. The van der Waals surface area contributed by atoms with E-state index in [1.165, 1.54) is 32.1 Å². The van der Waals surface area contributed by atoms with Crippen LogP contribution in [0.1, 0.15) is 54.0 Å². The van der Waals surface area contributed by atoms with Crippen LogP contribution in [-0.4, -0.2) is 28.6 Å². The molecule has 0 bridgehead atoms. The monoisotopic (exact) mass is 263 g/mol. The number of likely N-dealkylation sites (tertiary alicyclic amines) is 1. The number of hydrogen-bond acceptors (Lipinski definition) is 3. The SMILES string of the molecule is Cc1oc(C(=O)O)cc1CN1CCCC2CCCC21. The Labute approximate surface area is 113 Å². The van der Waals surface area contributed by atoms with Crippen LogP contribution in [0, 0.1) is 12.8 Å². The van der Waals surface area contributed by atoms with Gasteiger partial charge in [0.15, 0.2) is 0 Å². The number of aryl methyl sites for hydroxylation is 1. The van der Waals surface area contributed by atoms with Crippen molar-refractivity contribution in [2.75, 3.05) is 6.54 Å². The van der Waals surface area contributed by atoms with Gasteiger partial charge in [0.05, 0.1) is 0 Å². The normalized spacial score (nSPS) is 27.4. The van der Waals surface area contributed by atoms with E-state index < -0.39 is 5.97 Å². The van der Waals surface area contributed by atoms with E-state index in [-0.39, 0.29) is 5.76 Å². The number of carboxylic acid groups (broad SMARTS) is 1. The molecule has 2 heterocycles. The molecule has 4 heteroatoms. The van der Waals surface area contributed by atoms with Crippen LogP contribution < -0.4 is 0 Å². The summed E-state index contributed by atoms with van der Waals surface area (Å²) in [5, 5.41) is 8.97. The summed E-state index contributed by atoms with van der Waals surface area (Å²) in [5.74, 6) is 0.691. The zero-order chi connectivity index (χ0) is 13.4. The zero-order valence-electron chi connectivity index (χ0n) is 11.4. The zero-order valence-corrected chi connectivity index (χ0v) is 11.4. The van der Waals surface area contributed by atoms with E-state index in [0.717, 1.165) is 30.3 Å². The molecule has 3 rings (SSSR count). The van der Waals surface area contributed by atoms with Crippen LogP contribution >= 0.6 is 0 Å². The molecule has 1 aromatic heterocycles. The van der Waals surface area contributed by atoms with Crippen LogP contribution in [0.5, 0.6) is 0 Å². The standard InChI is InChI=1S/C15H21NO3/c1-10-12(8-14(19-10)15(17)18)9-16-7-3-5-11-4-2-6-13(11)16/h8,11,13H,2-7,9H2,1H3,(H,17,18). The third-order valence-corrected chi connectivity index (χ3v) is 4.71. The Bertz CT molecular complexity index is 480. The van der Waals surface area contributed by atoms with Gasteiger partial charge in [0, 0.05) is 18.2 Å². The molecule has 1 aliphatic heterocycles. The van der Waals surface area contributed by atoms with Crippen molar-refractivity contribution < 1.29 is 14.3 Å². The number of carboxylic acids is 1. The molecule has 1 aromatic rings. The molecular formula is C15H21NO3. The van der Waals surface area contributed by atoms with Crippen LogP contribution in [0.2, 0.25) is 0 Å². The highest BCUT2D eigenvalue weighted by molar-refractivity contribution is 5.84. The molecule has 4 nitrogen and oxygen atoms in total. The number of hydrogen-bond donors (Lipinski definition) is 1. The fourth-order valence-corrected chi connectivity index (χ4v) is 3.75. The van der Waals surface area contributed by atoms with Gasteiger partial charge >= 0.3 is 5.97 Å². The Morgan fingerprint density at radius 3 is 2.95 bits per heavy atom. The second kappa shape index (κ2) is 5.00. The number of carbonyl (C=O) groups is 1. The molecule has 0 radical (unpaired) electrons. The van der Waals surface area contributed by atoms with Crippen LogP contribution in [0.3, 0.4) is 0 Å². The van der Waals surface area contributed by atoms with Crippen molar-refractivity contribution in [3.63, 3.8) is 0 Å². The van der Waals surface area contributed by atoms with E-state index in [0.29, 0.717) is 6.04 Å². The predicted molar refractivity (Wildman–Crippen MR) is 71.2 cm³/mol. The summed E-state index contributed by atoms with van der Waals surface area (Å²) in [5.41, 5.74) is 1.03. The van der Waals surface area contributed by atoms with E-state index in [9.17, 15) is 4.79 Å². The maximum atomic E-state index is 10.9. The van der Waals surface area contributed by atoms with Crippen molar-refractivity contribution in [2.24, 2.45) is 5.92 Å². The van der Waals surface area contributed by atoms with Crippen molar-refractivity contribution in [2.45, 2.75) is 51.6 Å². The van der Waals surface area contributed by atoms with Crippen molar-refractivity contribution >= 4 is 5.97 Å². The van der Waals surface area contributed by atoms with Gasteiger partial charge in [-0.2, -0.15) is 0 Å². The molecule has 1 saturated heterocycles. The lowest BCUT2D eigenvalue weighted by molar-refractivity contribution is 0.0661. The first kappa shape index (κ1) is 12.7. The van der Waals surface area contributed by atoms with E-state index in [1.807, 2.05) is 6.92 Å². The van der Waals surface area contributed by atoms with Gasteiger partial charge in [0.25, 0.3) is 0 Å². The highest BCUT2D eigenvalue weighted by Crippen LogP contribution is 2.37. The van der Waals surface area contributed by atoms with Gasteiger partial charge in [-0.25, -0.2) is 4.79 Å². The summed E-state index contributed by atoms with van der Waals surface area (Å²) in [7, 11) is 0. The molecule has 2 aliphatic rings. The van der Waals surface area contributed by atoms with Crippen LogP contribution in [0.15, 0.2) is 10.5 Å². The fraction of sp³-hybridized carbons (Fsp3) is 0.667. The molecule has 104 valence electrons. The van der Waals surface area contributed by atoms with Crippen LogP contribution in [0.4, 0.5) is 0 Å². The number of aromatic carboxylic acids is 1. The number of fused-ring (bicyclic) bond motifs is 1. The van der Waals surface area contributed by atoms with Crippen molar-refractivity contribution in [1.82, 2.24) is 4.90 Å². The van der Waals surface area contributed by atoms with E-state index in [4.69, 9.17) is 9.52 Å². The van der Waals surface area contributed by atoms with Crippen molar-refractivity contribution in [1.29, 1.82) is 0 Å². The first-order valence-electron chi connectivity index (χ1n) is 7.22. The molecule has 19 heavy (non-hydrogen) atoms. The summed E-state index contributed by atoms with van der Waals surface area (Å²) in [6.07, 6.45) is 6.64. The van der Waals surface area contributed by atoms with E-state index >= 15 is 0 Å². The highest BCUT2D eigenvalue weighted by Gasteiger charge is 2.35. The van der Waals surface area contributed by atoms with Gasteiger partial charge in [-0.3, -0.25) is 4.90 Å². The second-order valence-electron chi connectivity index (χ2n) is 5.87. The molecule has 2 atom stereocenters. The molecule has 0 aromatic carbocycles. The molecule has 0 spiro atoms. The number of nitrogens with zero attached hydrogens (tertiary/aromatic N) is 1. The average molecular weight is 263 g/mol. The highest BCUT2D eigenvalue weighted by atomic mass is 16.4. The molecule has 1 saturated carbocycles. The number of piperidine rings is 1. The first-order valence-corrected chi connectivity index (χ1v) is 7.22. The van der Waals surface area contributed by atoms with Gasteiger partial charge in [0.1, 0.15) is 5.76 Å². The Morgan fingerprint density at radius 1 is 1.42 bits per heavy atom. The lowest BCUT2D eigenvalue weighted by Gasteiger charge is -2.37. The van der Waals surface area contributed by atoms with Crippen LogP contribution in [-0.2, 0) is 6.54 Å². The van der Waals surface area contributed by atoms with Gasteiger partial charge in [-0.05, 0) is 51.1 Å². The maximum Gasteiger partial charge on any atom is 0.371 e. The lowest BCUT2D eigenvalue weighted by Crippen LogP contribution is -2.41. The Hall–Kier alpha value is -1.29. The van der Waals surface area contributed by atoms with Gasteiger partial charge in [0.2, 0.25) is 5.76 Å². The third-order valence-electron chi connectivity index (χ3n) is 4.71. The third kappa shape index (κ3) is 2.41. The minimum absolute atomic E-state index is 0.0625. The minimum Gasteiger partial charge on any atom is -0.475 e. The smallest absolute Gasteiger partial charge is 0.371 e. The Morgan fingerprint density at radius 2 is 2.21 bits per heavy atom. The van der Waals surface area contributed by atoms with E-state index in [2.05, 4.69) is 4.90 Å². The Balaban J connectivity index is 1.75. The first-order chi connectivity index (χ1) is 9.15. The summed E-state index contributed by atoms with van der Waals surface area (Å²) in [6, 6.07) is 2.40. The summed E-state index contributed by atoms with van der Waals surface area (Å²) < 4.78 is 5.30. The fourth-order valence-electron chi connectivity index (χ4n) is 3.75. The average Bonchev–Trinajstić information content (AvgIpc) is 2.97. The van der Waals surface area contributed by atoms with E-state index in [1.54, 1.807) is 6.07 Å². The summed E-state index contributed by atoms with van der Waals surface area (Å²) >= 11 is 0. The van der Waals surface area contributed by atoms with Gasteiger partial charge in [-0.15, -0.1) is 0 Å². The molecule has 2 unspecified atom stereocenters. The van der Waals surface area contributed by atoms with Gasteiger partial charge < -0.3 is 9.52 Å². The van der Waals surface area contributed by atoms with Crippen molar-refractivity contribution in [3.05, 3.63) is 23.2 Å². The molecule has 1 aliphatic carbocycles. The number of furan rings is 1. The lowest BCUT2D eigenvalue weighted by atomic mass is 9.91. The summed E-state index contributed by atoms with van der Waals surface area (Å²) in [6.45, 7) is 3.83.